The van der Waals surface area contributed by atoms with Crippen LogP contribution in [0.4, 0.5) is 52.4 Å². The molecule has 0 aliphatic carbocycles. The molecule has 0 bridgehead atoms. The Balaban J connectivity index is 1.40. The summed E-state index contributed by atoms with van der Waals surface area (Å²) in [6.07, 6.45) is -13.9. The van der Waals surface area contributed by atoms with E-state index in [-0.39, 0.29) is 0 Å². The van der Waals surface area contributed by atoms with Crippen LogP contribution in [-0.2, 0) is 28.4 Å². The minimum atomic E-state index is -1.88. The highest BCUT2D eigenvalue weighted by molar-refractivity contribution is 5.88. The van der Waals surface area contributed by atoms with E-state index in [1.54, 1.807) is 60.7 Å². The van der Waals surface area contributed by atoms with E-state index < -0.39 is 67.8 Å². The molecule has 5 aromatic rings. The standard InChI is InChI=1S/C51H57N5O11/c1-27-11-28(2)17-37(16-27)52-47(57)62-26-42-43(64-48(58)53-38-18-29(3)12-30(4)19-38)44(65-49(59)54-39-20-31(5)13-32(6)21-39)45(66-50(60)55-40-22-33(7)14-34(8)23-40)46(63-42)67-51(61)56-41-24-35(9)15-36(10)25-41/h11-25,42-46H,26H2,1-10H3,(H,52,57)(H,53,58)(H,54,59)(H,55,60)(H,56,61)/t42-,43-,44-,45-,46+/m1/s1. The molecule has 16 heteroatoms. The lowest BCUT2D eigenvalue weighted by molar-refractivity contribution is -0.279. The number of amides is 5. The second kappa shape index (κ2) is 21.6. The van der Waals surface area contributed by atoms with Crippen LogP contribution in [0.15, 0.2) is 91.0 Å². The maximum absolute atomic E-state index is 14.1. The quantitative estimate of drug-likeness (QED) is 0.0789. The monoisotopic (exact) mass is 915 g/mol. The topological polar surface area (TPSA) is 201 Å². The Morgan fingerprint density at radius 1 is 0.358 bits per heavy atom. The highest BCUT2D eigenvalue weighted by atomic mass is 16.8. The fraction of sp³-hybridized carbons (Fsp3) is 0.314. The minimum absolute atomic E-state index is 0.369. The smallest absolute Gasteiger partial charge is 0.414 e. The summed E-state index contributed by atoms with van der Waals surface area (Å²) in [4.78, 5) is 69.2. The summed E-state index contributed by atoms with van der Waals surface area (Å²) in [6, 6.07) is 26.8. The Hall–Kier alpha value is -7.59. The molecule has 0 spiro atoms. The average molecular weight is 916 g/mol. The summed E-state index contributed by atoms with van der Waals surface area (Å²) in [5.74, 6) is 0. The number of rotatable bonds is 11. The molecule has 0 unspecified atom stereocenters. The number of ether oxygens (including phenoxy) is 6. The molecule has 1 aliphatic rings. The molecular formula is C51H57N5O11. The molecule has 5 amide bonds. The Morgan fingerprint density at radius 3 is 0.925 bits per heavy atom. The molecule has 352 valence electrons. The van der Waals surface area contributed by atoms with E-state index in [0.29, 0.717) is 28.4 Å². The normalized spacial score (nSPS) is 17.6. The van der Waals surface area contributed by atoms with Crippen molar-refractivity contribution < 1.29 is 52.4 Å². The fourth-order valence-corrected chi connectivity index (χ4v) is 8.12. The summed E-state index contributed by atoms with van der Waals surface area (Å²) < 4.78 is 36.0. The van der Waals surface area contributed by atoms with E-state index in [1.165, 1.54) is 0 Å². The van der Waals surface area contributed by atoms with Crippen LogP contribution in [0.2, 0.25) is 0 Å². The average Bonchev–Trinajstić information content (AvgIpc) is 3.17. The first-order chi connectivity index (χ1) is 31.7. The second-order valence-electron chi connectivity index (χ2n) is 17.2. The highest BCUT2D eigenvalue weighted by Crippen LogP contribution is 2.32. The molecule has 0 aromatic heterocycles. The summed E-state index contributed by atoms with van der Waals surface area (Å²) in [5.41, 5.74) is 10.5. The van der Waals surface area contributed by atoms with Gasteiger partial charge < -0.3 is 28.4 Å². The van der Waals surface area contributed by atoms with Gasteiger partial charge in [0, 0.05) is 28.4 Å². The van der Waals surface area contributed by atoms with Crippen molar-refractivity contribution in [1.29, 1.82) is 0 Å². The second-order valence-corrected chi connectivity index (χ2v) is 17.2. The number of hydrogen-bond donors (Lipinski definition) is 5. The Kier molecular flexibility index (Phi) is 15.7. The van der Waals surface area contributed by atoms with E-state index >= 15 is 0 Å². The van der Waals surface area contributed by atoms with Gasteiger partial charge in [-0.25, -0.2) is 24.0 Å². The molecule has 6 rings (SSSR count). The van der Waals surface area contributed by atoms with Crippen LogP contribution in [0.3, 0.4) is 0 Å². The number of benzene rings is 5. The van der Waals surface area contributed by atoms with Gasteiger partial charge in [-0.2, -0.15) is 0 Å². The minimum Gasteiger partial charge on any atom is -0.446 e. The first-order valence-electron chi connectivity index (χ1n) is 21.6. The Bertz CT molecular complexity index is 2570. The first kappa shape index (κ1) is 48.9. The predicted molar refractivity (Wildman–Crippen MR) is 255 cm³/mol. The van der Waals surface area contributed by atoms with Crippen molar-refractivity contribution in [2.45, 2.75) is 99.9 Å². The van der Waals surface area contributed by atoms with Crippen molar-refractivity contribution in [2.75, 3.05) is 33.2 Å². The molecule has 16 nitrogen and oxygen atoms in total. The molecular weight excluding hydrogens is 859 g/mol. The molecule has 5 aromatic carbocycles. The third-order valence-corrected chi connectivity index (χ3v) is 10.3. The van der Waals surface area contributed by atoms with Crippen LogP contribution >= 0.6 is 0 Å². The van der Waals surface area contributed by atoms with Crippen molar-refractivity contribution in [3.8, 4) is 0 Å². The lowest BCUT2D eigenvalue weighted by atomic mass is 9.98. The fourth-order valence-electron chi connectivity index (χ4n) is 8.12. The number of hydrogen-bond acceptors (Lipinski definition) is 11. The maximum atomic E-state index is 14.1. The van der Waals surface area contributed by atoms with Gasteiger partial charge in [-0.1, -0.05) is 30.3 Å². The number of anilines is 5. The van der Waals surface area contributed by atoms with Crippen LogP contribution in [0.1, 0.15) is 55.6 Å². The van der Waals surface area contributed by atoms with Gasteiger partial charge in [0.2, 0.25) is 12.4 Å². The number of carbonyl (C=O) groups excluding carboxylic acids is 5. The maximum Gasteiger partial charge on any atom is 0.414 e. The third kappa shape index (κ3) is 14.5. The first-order valence-corrected chi connectivity index (χ1v) is 21.6. The summed E-state index contributed by atoms with van der Waals surface area (Å²) >= 11 is 0. The SMILES string of the molecule is Cc1cc(C)cc(NC(=O)OC[C@H]2O[C@@H](OC(=O)Nc3cc(C)cc(C)c3)[C@H](OC(=O)Nc3cc(C)cc(C)c3)[C@H](OC(=O)Nc3cc(C)cc(C)c3)[C@@H]2OC(=O)Nc2cc(C)cc(C)c2)c1. The zero-order chi connectivity index (χ0) is 48.5. The van der Waals surface area contributed by atoms with Gasteiger partial charge in [-0.3, -0.25) is 26.6 Å². The zero-order valence-electron chi connectivity index (χ0n) is 39.2. The van der Waals surface area contributed by atoms with Gasteiger partial charge in [-0.15, -0.1) is 0 Å². The highest BCUT2D eigenvalue weighted by Gasteiger charge is 2.55. The Labute approximate surface area is 390 Å². The van der Waals surface area contributed by atoms with E-state index in [2.05, 4.69) is 26.6 Å². The summed E-state index contributed by atoms with van der Waals surface area (Å²) in [6.45, 7) is 17.9. The lowest BCUT2D eigenvalue weighted by Crippen LogP contribution is -2.64. The van der Waals surface area contributed by atoms with Crippen LogP contribution in [-0.4, -0.2) is 67.8 Å². The van der Waals surface area contributed by atoms with Gasteiger partial charge in [0.15, 0.2) is 12.2 Å². The predicted octanol–water partition coefficient (Wildman–Crippen LogP) is 11.1. The molecule has 1 heterocycles. The summed E-state index contributed by atoms with van der Waals surface area (Å²) in [7, 11) is 0. The van der Waals surface area contributed by atoms with Crippen molar-refractivity contribution in [1.82, 2.24) is 0 Å². The van der Waals surface area contributed by atoms with Crippen molar-refractivity contribution in [3.63, 3.8) is 0 Å². The number of carbonyl (C=O) groups is 5. The largest absolute Gasteiger partial charge is 0.446 e. The molecule has 1 fully saturated rings. The van der Waals surface area contributed by atoms with Crippen LogP contribution < -0.4 is 26.6 Å². The van der Waals surface area contributed by atoms with Gasteiger partial charge in [-0.05, 0) is 186 Å². The molecule has 0 radical (unpaired) electrons. The van der Waals surface area contributed by atoms with Crippen molar-refractivity contribution in [3.05, 3.63) is 147 Å². The van der Waals surface area contributed by atoms with E-state index in [4.69, 9.17) is 28.4 Å². The van der Waals surface area contributed by atoms with Gasteiger partial charge in [0.1, 0.15) is 12.7 Å². The number of nitrogens with one attached hydrogen (secondary N) is 5. The van der Waals surface area contributed by atoms with Gasteiger partial charge in [0.25, 0.3) is 0 Å². The van der Waals surface area contributed by atoms with Gasteiger partial charge in [0.05, 0.1) is 0 Å². The molecule has 5 N–H and O–H groups in total. The molecule has 1 saturated heterocycles. The zero-order valence-corrected chi connectivity index (χ0v) is 39.2. The molecule has 67 heavy (non-hydrogen) atoms. The van der Waals surface area contributed by atoms with Crippen LogP contribution in [0.5, 0.6) is 0 Å². The van der Waals surface area contributed by atoms with E-state index in [0.717, 1.165) is 55.6 Å². The van der Waals surface area contributed by atoms with Crippen LogP contribution in [0, 0.1) is 69.2 Å². The van der Waals surface area contributed by atoms with E-state index in [1.807, 2.05) is 99.6 Å². The lowest BCUT2D eigenvalue weighted by Gasteiger charge is -2.43. The molecule has 1 aliphatic heterocycles. The van der Waals surface area contributed by atoms with Crippen molar-refractivity contribution >= 4 is 58.9 Å². The summed E-state index contributed by atoms with van der Waals surface area (Å²) in [5, 5.41) is 13.4. The number of aryl methyl sites for hydroxylation is 10. The Morgan fingerprint density at radius 2 is 0.612 bits per heavy atom. The molecule has 0 saturated carbocycles. The van der Waals surface area contributed by atoms with E-state index in [9.17, 15) is 24.0 Å². The third-order valence-electron chi connectivity index (χ3n) is 10.3. The van der Waals surface area contributed by atoms with Crippen molar-refractivity contribution in [2.24, 2.45) is 0 Å². The van der Waals surface area contributed by atoms with Crippen LogP contribution in [0.25, 0.3) is 0 Å². The van der Waals surface area contributed by atoms with Gasteiger partial charge >= 0.3 is 30.5 Å². The molecule has 5 atom stereocenters.